The minimum atomic E-state index is 0.120. The van der Waals surface area contributed by atoms with Gasteiger partial charge in [0.1, 0.15) is 5.75 Å². The lowest BCUT2D eigenvalue weighted by Crippen LogP contribution is -2.38. The molecule has 0 heterocycles. The Balaban J connectivity index is 2.49. The van der Waals surface area contributed by atoms with Crippen molar-refractivity contribution in [2.75, 3.05) is 5.33 Å². The molecule has 0 spiro atoms. The molecule has 1 aromatic carbocycles. The zero-order chi connectivity index (χ0) is 11.3. The van der Waals surface area contributed by atoms with E-state index in [4.69, 9.17) is 0 Å². The van der Waals surface area contributed by atoms with Crippen LogP contribution >= 0.6 is 15.9 Å². The van der Waals surface area contributed by atoms with Crippen LogP contribution in [-0.2, 0) is 6.54 Å². The molecule has 1 rings (SSSR count). The Bertz CT molecular complexity index is 312. The Labute approximate surface area is 99.8 Å². The van der Waals surface area contributed by atoms with Crippen LogP contribution in [0.5, 0.6) is 5.75 Å². The molecule has 0 aliphatic carbocycles. The molecule has 0 radical (unpaired) electrons. The fourth-order valence-corrected chi connectivity index (χ4v) is 2.32. The molecule has 0 saturated heterocycles. The normalized spacial score (nSPS) is 11.7. The van der Waals surface area contributed by atoms with Gasteiger partial charge in [0.15, 0.2) is 0 Å². The van der Waals surface area contributed by atoms with Crippen molar-refractivity contribution in [2.24, 2.45) is 0 Å². The summed E-state index contributed by atoms with van der Waals surface area (Å²) >= 11 is 3.44. The number of hydrogen-bond acceptors (Lipinski definition) is 2. The number of phenols is 1. The van der Waals surface area contributed by atoms with Crippen LogP contribution in [0.3, 0.4) is 0 Å². The van der Waals surface area contributed by atoms with Crippen molar-refractivity contribution in [3.05, 3.63) is 29.8 Å². The molecule has 3 heteroatoms. The second kappa shape index (κ2) is 5.52. The summed E-state index contributed by atoms with van der Waals surface area (Å²) in [5, 5.41) is 13.8. The SMILES string of the molecule is CC(C)(CCBr)NCc1cccc(O)c1. The van der Waals surface area contributed by atoms with Crippen molar-refractivity contribution in [2.45, 2.75) is 32.4 Å². The quantitative estimate of drug-likeness (QED) is 0.807. The first kappa shape index (κ1) is 12.5. The smallest absolute Gasteiger partial charge is 0.115 e. The molecule has 84 valence electrons. The predicted molar refractivity (Wildman–Crippen MR) is 67.4 cm³/mol. The minimum Gasteiger partial charge on any atom is -0.508 e. The van der Waals surface area contributed by atoms with Gasteiger partial charge >= 0.3 is 0 Å². The first-order valence-corrected chi connectivity index (χ1v) is 6.24. The third-order valence-electron chi connectivity index (χ3n) is 2.40. The van der Waals surface area contributed by atoms with E-state index >= 15 is 0 Å². The van der Waals surface area contributed by atoms with E-state index in [1.54, 1.807) is 12.1 Å². The molecule has 0 aromatic heterocycles. The fourth-order valence-electron chi connectivity index (χ4n) is 1.33. The van der Waals surface area contributed by atoms with Crippen LogP contribution in [0, 0.1) is 0 Å². The Morgan fingerprint density at radius 1 is 1.40 bits per heavy atom. The number of halogens is 1. The molecule has 0 amide bonds. The van der Waals surface area contributed by atoms with Gasteiger partial charge in [-0.15, -0.1) is 0 Å². The molecular weight excluding hydrogens is 254 g/mol. The van der Waals surface area contributed by atoms with E-state index in [9.17, 15) is 5.11 Å². The van der Waals surface area contributed by atoms with Crippen LogP contribution < -0.4 is 5.32 Å². The first-order chi connectivity index (χ1) is 7.03. The van der Waals surface area contributed by atoms with Crippen LogP contribution in [0.25, 0.3) is 0 Å². The van der Waals surface area contributed by atoms with Crippen LogP contribution in [-0.4, -0.2) is 16.0 Å². The van der Waals surface area contributed by atoms with E-state index in [1.165, 1.54) is 0 Å². The molecule has 0 bridgehead atoms. The van der Waals surface area contributed by atoms with Crippen LogP contribution in [0.4, 0.5) is 0 Å². The Morgan fingerprint density at radius 3 is 2.73 bits per heavy atom. The van der Waals surface area contributed by atoms with Gasteiger partial charge in [0.05, 0.1) is 0 Å². The molecule has 1 aromatic rings. The molecule has 0 saturated carbocycles. The summed E-state index contributed by atoms with van der Waals surface area (Å²) in [6, 6.07) is 7.35. The van der Waals surface area contributed by atoms with E-state index in [0.29, 0.717) is 5.75 Å². The summed E-state index contributed by atoms with van der Waals surface area (Å²) in [4.78, 5) is 0. The highest BCUT2D eigenvalue weighted by atomic mass is 79.9. The van der Waals surface area contributed by atoms with Crippen LogP contribution in [0.1, 0.15) is 25.8 Å². The monoisotopic (exact) mass is 271 g/mol. The number of nitrogens with one attached hydrogen (secondary N) is 1. The largest absolute Gasteiger partial charge is 0.508 e. The Hall–Kier alpha value is -0.540. The number of benzene rings is 1. The molecule has 0 aliphatic rings. The predicted octanol–water partition coefficient (Wildman–Crippen LogP) is 3.05. The average Bonchev–Trinajstić information content (AvgIpc) is 2.15. The van der Waals surface area contributed by atoms with Crippen molar-refractivity contribution in [1.82, 2.24) is 5.32 Å². The maximum atomic E-state index is 9.31. The summed E-state index contributed by atoms with van der Waals surface area (Å²) in [5.74, 6) is 0.326. The standard InChI is InChI=1S/C12H18BrNO/c1-12(2,6-7-13)14-9-10-4-3-5-11(15)8-10/h3-5,8,14-15H,6-7,9H2,1-2H3. The summed E-state index contributed by atoms with van der Waals surface area (Å²) in [5.41, 5.74) is 1.23. The zero-order valence-corrected chi connectivity index (χ0v) is 10.8. The molecule has 0 fully saturated rings. The number of aromatic hydroxyl groups is 1. The first-order valence-electron chi connectivity index (χ1n) is 5.12. The van der Waals surface area contributed by atoms with E-state index < -0.39 is 0 Å². The second-order valence-corrected chi connectivity index (χ2v) is 5.14. The van der Waals surface area contributed by atoms with E-state index in [0.717, 1.165) is 23.9 Å². The number of rotatable bonds is 5. The maximum absolute atomic E-state index is 9.31. The van der Waals surface area contributed by atoms with Crippen LogP contribution in [0.2, 0.25) is 0 Å². The van der Waals surface area contributed by atoms with Gasteiger partial charge in [0, 0.05) is 17.4 Å². The van der Waals surface area contributed by atoms with Gasteiger partial charge in [-0.05, 0) is 38.0 Å². The van der Waals surface area contributed by atoms with Crippen molar-refractivity contribution >= 4 is 15.9 Å². The highest BCUT2D eigenvalue weighted by Crippen LogP contribution is 2.14. The lowest BCUT2D eigenvalue weighted by molar-refractivity contribution is 0.377. The molecule has 2 N–H and O–H groups in total. The molecule has 0 atom stereocenters. The summed E-state index contributed by atoms with van der Waals surface area (Å²) < 4.78 is 0. The van der Waals surface area contributed by atoms with Gasteiger partial charge in [-0.3, -0.25) is 0 Å². The van der Waals surface area contributed by atoms with Crippen molar-refractivity contribution in [1.29, 1.82) is 0 Å². The Kier molecular flexibility index (Phi) is 4.61. The van der Waals surface area contributed by atoms with Gasteiger partial charge in [0.25, 0.3) is 0 Å². The number of phenolic OH excluding ortho intramolecular Hbond substituents is 1. The summed E-state index contributed by atoms with van der Waals surface area (Å²) in [6.45, 7) is 5.14. The third kappa shape index (κ3) is 4.67. The molecule has 15 heavy (non-hydrogen) atoms. The third-order valence-corrected chi connectivity index (χ3v) is 2.80. The van der Waals surface area contributed by atoms with Gasteiger partial charge in [-0.25, -0.2) is 0 Å². The Morgan fingerprint density at radius 2 is 2.13 bits per heavy atom. The molecule has 0 unspecified atom stereocenters. The highest BCUT2D eigenvalue weighted by Gasteiger charge is 2.15. The number of hydrogen-bond donors (Lipinski definition) is 2. The van der Waals surface area contributed by atoms with Gasteiger partial charge in [0.2, 0.25) is 0 Å². The second-order valence-electron chi connectivity index (χ2n) is 4.35. The topological polar surface area (TPSA) is 32.3 Å². The average molecular weight is 272 g/mol. The van der Waals surface area contributed by atoms with Gasteiger partial charge in [-0.2, -0.15) is 0 Å². The van der Waals surface area contributed by atoms with Gasteiger partial charge in [-0.1, -0.05) is 28.1 Å². The zero-order valence-electron chi connectivity index (χ0n) is 9.26. The molecule has 2 nitrogen and oxygen atoms in total. The van der Waals surface area contributed by atoms with Crippen molar-refractivity contribution in [3.8, 4) is 5.75 Å². The summed E-state index contributed by atoms with van der Waals surface area (Å²) in [6.07, 6.45) is 1.08. The lowest BCUT2D eigenvalue weighted by atomic mass is 10.0. The van der Waals surface area contributed by atoms with Crippen molar-refractivity contribution < 1.29 is 5.11 Å². The van der Waals surface area contributed by atoms with Crippen LogP contribution in [0.15, 0.2) is 24.3 Å². The molecule has 0 aliphatic heterocycles. The number of alkyl halides is 1. The van der Waals surface area contributed by atoms with E-state index in [-0.39, 0.29) is 5.54 Å². The minimum absolute atomic E-state index is 0.120. The van der Waals surface area contributed by atoms with Crippen molar-refractivity contribution in [3.63, 3.8) is 0 Å². The maximum Gasteiger partial charge on any atom is 0.115 e. The van der Waals surface area contributed by atoms with Gasteiger partial charge < -0.3 is 10.4 Å². The summed E-state index contributed by atoms with van der Waals surface area (Å²) in [7, 11) is 0. The lowest BCUT2D eigenvalue weighted by Gasteiger charge is -2.25. The van der Waals surface area contributed by atoms with E-state index in [1.807, 2.05) is 12.1 Å². The molecular formula is C12H18BrNO. The fraction of sp³-hybridized carbons (Fsp3) is 0.500. The van der Waals surface area contributed by atoms with E-state index in [2.05, 4.69) is 35.1 Å². The highest BCUT2D eigenvalue weighted by molar-refractivity contribution is 9.09.